The lowest BCUT2D eigenvalue weighted by molar-refractivity contribution is -0.140. The molecule has 1 fully saturated rings. The molecule has 0 saturated carbocycles. The van der Waals surface area contributed by atoms with E-state index in [-0.39, 0.29) is 24.2 Å². The van der Waals surface area contributed by atoms with Crippen LogP contribution >= 0.6 is 11.3 Å². The molecule has 3 heterocycles. The van der Waals surface area contributed by atoms with Crippen molar-refractivity contribution in [1.82, 2.24) is 14.0 Å². The lowest BCUT2D eigenvalue weighted by Gasteiger charge is -2.36. The number of aryl methyl sites for hydroxylation is 1. The van der Waals surface area contributed by atoms with Crippen LogP contribution in [0.1, 0.15) is 6.42 Å². The summed E-state index contributed by atoms with van der Waals surface area (Å²) in [7, 11) is 3.00. The van der Waals surface area contributed by atoms with Crippen LogP contribution < -0.4 is 20.9 Å². The van der Waals surface area contributed by atoms with E-state index < -0.39 is 5.97 Å². The Morgan fingerprint density at radius 1 is 0.970 bits per heavy atom. The molecule has 0 spiro atoms. The molecule has 1 saturated heterocycles. The monoisotopic (exact) mass is 472 g/mol. The minimum absolute atomic E-state index is 0.0739. The molecule has 33 heavy (non-hydrogen) atoms. The van der Waals surface area contributed by atoms with Crippen LogP contribution in [0.5, 0.6) is 5.75 Å². The summed E-state index contributed by atoms with van der Waals surface area (Å²) in [5, 5.41) is 1.79. The minimum Gasteiger partial charge on any atom is -0.495 e. The maximum atomic E-state index is 13.1. The molecule has 0 amide bonds. The standard InChI is InChI=1S/C23H28N4O5S/c1-31-19-6-4-3-5-17(19)25-13-10-24(11-14-25)12-15-27-22(29)21-18(8-16-33-21)26(23(27)30)9-7-20(28)32-2/h3-6,8,16H,7,9-15H2,1-2H3. The highest BCUT2D eigenvalue weighted by Gasteiger charge is 2.21. The summed E-state index contributed by atoms with van der Waals surface area (Å²) in [5.41, 5.74) is 0.988. The Labute approximate surface area is 195 Å². The molecule has 4 rings (SSSR count). The molecule has 0 atom stereocenters. The molecule has 3 aromatic rings. The van der Waals surface area contributed by atoms with Crippen molar-refractivity contribution in [3.8, 4) is 5.75 Å². The van der Waals surface area contributed by atoms with Gasteiger partial charge in [-0.05, 0) is 23.6 Å². The summed E-state index contributed by atoms with van der Waals surface area (Å²) >= 11 is 1.31. The number of carbonyl (C=O) groups is 1. The van der Waals surface area contributed by atoms with Crippen LogP contribution in [0.25, 0.3) is 10.2 Å². The average Bonchev–Trinajstić information content (AvgIpc) is 3.34. The Hall–Kier alpha value is -3.11. The first-order chi connectivity index (χ1) is 16.0. The average molecular weight is 473 g/mol. The van der Waals surface area contributed by atoms with Crippen molar-refractivity contribution in [3.63, 3.8) is 0 Å². The third-order valence-corrected chi connectivity index (χ3v) is 6.93. The fourth-order valence-electron chi connectivity index (χ4n) is 4.20. The number of benzene rings is 1. The van der Waals surface area contributed by atoms with Crippen molar-refractivity contribution < 1.29 is 14.3 Å². The predicted molar refractivity (Wildman–Crippen MR) is 129 cm³/mol. The summed E-state index contributed by atoms with van der Waals surface area (Å²) in [6.45, 7) is 4.40. The van der Waals surface area contributed by atoms with Crippen LogP contribution in [-0.2, 0) is 22.6 Å². The molecule has 1 aliphatic rings. The highest BCUT2D eigenvalue weighted by Crippen LogP contribution is 2.28. The normalized spacial score (nSPS) is 14.5. The third kappa shape index (κ3) is 4.81. The molecule has 1 aromatic carbocycles. The van der Waals surface area contributed by atoms with E-state index in [4.69, 9.17) is 9.47 Å². The van der Waals surface area contributed by atoms with E-state index in [2.05, 4.69) is 15.9 Å². The largest absolute Gasteiger partial charge is 0.495 e. The van der Waals surface area contributed by atoms with Gasteiger partial charge in [0.2, 0.25) is 0 Å². The van der Waals surface area contributed by atoms with Gasteiger partial charge in [0.25, 0.3) is 5.56 Å². The molecule has 10 heteroatoms. The Kier molecular flexibility index (Phi) is 7.14. The van der Waals surface area contributed by atoms with E-state index in [1.54, 1.807) is 18.6 Å². The zero-order valence-corrected chi connectivity index (χ0v) is 19.7. The molecule has 0 aliphatic carbocycles. The van der Waals surface area contributed by atoms with E-state index >= 15 is 0 Å². The van der Waals surface area contributed by atoms with Gasteiger partial charge in [-0.15, -0.1) is 11.3 Å². The zero-order chi connectivity index (χ0) is 23.4. The van der Waals surface area contributed by atoms with Crippen LogP contribution in [0.2, 0.25) is 0 Å². The van der Waals surface area contributed by atoms with Gasteiger partial charge in [0.05, 0.1) is 31.8 Å². The van der Waals surface area contributed by atoms with Crippen LogP contribution in [0.3, 0.4) is 0 Å². The van der Waals surface area contributed by atoms with Gasteiger partial charge >= 0.3 is 11.7 Å². The number of esters is 1. The number of ether oxygens (including phenoxy) is 2. The first-order valence-corrected chi connectivity index (χ1v) is 11.8. The quantitative estimate of drug-likeness (QED) is 0.461. The van der Waals surface area contributed by atoms with E-state index in [9.17, 15) is 14.4 Å². The third-order valence-electron chi connectivity index (χ3n) is 6.04. The Morgan fingerprint density at radius 3 is 2.45 bits per heavy atom. The number of para-hydroxylation sites is 2. The smallest absolute Gasteiger partial charge is 0.331 e. The summed E-state index contributed by atoms with van der Waals surface area (Å²) < 4.78 is 13.5. The number of fused-ring (bicyclic) bond motifs is 1. The van der Waals surface area contributed by atoms with Crippen molar-refractivity contribution in [2.24, 2.45) is 0 Å². The lowest BCUT2D eigenvalue weighted by atomic mass is 10.2. The van der Waals surface area contributed by atoms with Crippen molar-refractivity contribution in [3.05, 3.63) is 56.5 Å². The van der Waals surface area contributed by atoms with Crippen molar-refractivity contribution >= 4 is 33.2 Å². The molecular formula is C23H28N4O5S. The Morgan fingerprint density at radius 2 is 1.73 bits per heavy atom. The zero-order valence-electron chi connectivity index (χ0n) is 18.9. The lowest BCUT2D eigenvalue weighted by Crippen LogP contribution is -2.49. The fourth-order valence-corrected chi connectivity index (χ4v) is 5.04. The van der Waals surface area contributed by atoms with E-state index in [0.717, 1.165) is 37.6 Å². The minimum atomic E-state index is -0.393. The van der Waals surface area contributed by atoms with E-state index in [1.165, 1.54) is 27.6 Å². The van der Waals surface area contributed by atoms with Gasteiger partial charge in [-0.3, -0.25) is 23.6 Å². The van der Waals surface area contributed by atoms with Crippen LogP contribution in [-0.4, -0.2) is 66.9 Å². The van der Waals surface area contributed by atoms with Crippen LogP contribution in [0.15, 0.2) is 45.3 Å². The number of hydrogen-bond acceptors (Lipinski definition) is 8. The van der Waals surface area contributed by atoms with Gasteiger partial charge in [-0.25, -0.2) is 4.79 Å². The van der Waals surface area contributed by atoms with Crippen molar-refractivity contribution in [1.29, 1.82) is 0 Å². The second kappa shape index (κ2) is 10.2. The fraction of sp³-hybridized carbons (Fsp3) is 0.435. The molecule has 176 valence electrons. The molecule has 9 nitrogen and oxygen atoms in total. The van der Waals surface area contributed by atoms with Gasteiger partial charge in [-0.2, -0.15) is 0 Å². The molecule has 0 radical (unpaired) electrons. The molecule has 0 unspecified atom stereocenters. The molecular weight excluding hydrogens is 444 g/mol. The van der Waals surface area contributed by atoms with Gasteiger partial charge in [0.15, 0.2) is 0 Å². The summed E-state index contributed by atoms with van der Waals surface area (Å²) in [6, 6.07) is 9.73. The molecule has 0 N–H and O–H groups in total. The first kappa shape index (κ1) is 23.1. The topological polar surface area (TPSA) is 86.0 Å². The van der Waals surface area contributed by atoms with Gasteiger partial charge in [0.1, 0.15) is 10.4 Å². The maximum Gasteiger partial charge on any atom is 0.331 e. The number of nitrogens with zero attached hydrogens (tertiary/aromatic N) is 4. The van der Waals surface area contributed by atoms with Crippen molar-refractivity contribution in [2.75, 3.05) is 51.8 Å². The number of piperazine rings is 1. The number of aromatic nitrogens is 2. The Balaban J connectivity index is 1.46. The number of rotatable bonds is 8. The number of methoxy groups -OCH3 is 2. The maximum absolute atomic E-state index is 13.1. The van der Waals surface area contributed by atoms with Crippen LogP contribution in [0, 0.1) is 0 Å². The predicted octanol–water partition coefficient (Wildman–Crippen LogP) is 1.62. The van der Waals surface area contributed by atoms with E-state index in [1.807, 2.05) is 18.2 Å². The summed E-state index contributed by atoms with van der Waals surface area (Å²) in [4.78, 5) is 42.2. The highest BCUT2D eigenvalue weighted by molar-refractivity contribution is 7.17. The number of anilines is 1. The second-order valence-electron chi connectivity index (χ2n) is 7.85. The first-order valence-electron chi connectivity index (χ1n) is 10.9. The SMILES string of the molecule is COC(=O)CCn1c(=O)n(CCN2CCN(c3ccccc3OC)CC2)c(=O)c2sccc21. The summed E-state index contributed by atoms with van der Waals surface area (Å²) in [6.07, 6.45) is 0.0739. The highest BCUT2D eigenvalue weighted by atomic mass is 32.1. The Bertz CT molecular complexity index is 1240. The van der Waals surface area contributed by atoms with Gasteiger partial charge in [0, 0.05) is 45.8 Å². The summed E-state index contributed by atoms with van der Waals surface area (Å²) in [5.74, 6) is 0.463. The number of carbonyl (C=O) groups excluding carboxylic acids is 1. The van der Waals surface area contributed by atoms with Gasteiger partial charge < -0.3 is 14.4 Å². The second-order valence-corrected chi connectivity index (χ2v) is 8.77. The van der Waals surface area contributed by atoms with Gasteiger partial charge in [-0.1, -0.05) is 12.1 Å². The van der Waals surface area contributed by atoms with E-state index in [0.29, 0.717) is 23.3 Å². The molecule has 2 aromatic heterocycles. The molecule has 1 aliphatic heterocycles. The molecule has 0 bridgehead atoms. The van der Waals surface area contributed by atoms with Crippen molar-refractivity contribution in [2.45, 2.75) is 19.5 Å². The number of hydrogen-bond donors (Lipinski definition) is 0. The van der Waals surface area contributed by atoms with Crippen LogP contribution in [0.4, 0.5) is 5.69 Å². The number of thiophene rings is 1.